The molecule has 124 valence electrons. The van der Waals surface area contributed by atoms with Crippen molar-refractivity contribution in [2.45, 2.75) is 11.4 Å². The lowest BCUT2D eigenvalue weighted by Crippen LogP contribution is -2.08. The third kappa shape index (κ3) is 3.04. The molecule has 10 heteroatoms. The van der Waals surface area contributed by atoms with Gasteiger partial charge in [0.2, 0.25) is 0 Å². The van der Waals surface area contributed by atoms with Crippen LogP contribution in [0, 0.1) is 10.1 Å². The predicted molar refractivity (Wildman–Crippen MR) is 86.5 cm³/mol. The summed E-state index contributed by atoms with van der Waals surface area (Å²) in [5, 5.41) is 18.3. The van der Waals surface area contributed by atoms with E-state index < -0.39 is 14.8 Å². The molecule has 9 nitrogen and oxygen atoms in total. The number of sulfone groups is 1. The zero-order valence-electron chi connectivity index (χ0n) is 12.6. The van der Waals surface area contributed by atoms with E-state index in [0.717, 1.165) is 18.0 Å². The van der Waals surface area contributed by atoms with Crippen molar-refractivity contribution in [1.29, 1.82) is 0 Å². The molecule has 0 atom stereocenters. The highest BCUT2D eigenvalue weighted by atomic mass is 32.2. The molecule has 0 aliphatic heterocycles. The average molecular weight is 347 g/mol. The number of hydrogen-bond acceptors (Lipinski definition) is 7. The van der Waals surface area contributed by atoms with Crippen LogP contribution in [0.2, 0.25) is 0 Å². The summed E-state index contributed by atoms with van der Waals surface area (Å²) in [5.74, 6) is 0. The van der Waals surface area contributed by atoms with E-state index in [9.17, 15) is 18.5 Å². The number of rotatable bonds is 5. The first-order valence-corrected chi connectivity index (χ1v) is 8.75. The maximum Gasteiger partial charge on any atom is 0.293 e. The number of nitro groups is 1. The topological polar surface area (TPSA) is 120 Å². The van der Waals surface area contributed by atoms with Gasteiger partial charge in [0.1, 0.15) is 5.69 Å². The van der Waals surface area contributed by atoms with Crippen molar-refractivity contribution in [2.75, 3.05) is 11.6 Å². The van der Waals surface area contributed by atoms with Gasteiger partial charge >= 0.3 is 0 Å². The minimum atomic E-state index is -3.52. The summed E-state index contributed by atoms with van der Waals surface area (Å²) in [7, 11) is -3.52. The lowest BCUT2D eigenvalue weighted by Gasteiger charge is -2.09. The fraction of sp³-hybridized carbons (Fsp3) is 0.143. The van der Waals surface area contributed by atoms with E-state index in [1.165, 1.54) is 12.1 Å². The Balaban J connectivity index is 1.92. The van der Waals surface area contributed by atoms with E-state index in [1.54, 1.807) is 29.0 Å². The smallest absolute Gasteiger partial charge is 0.293 e. The number of aromatic nitrogens is 3. The van der Waals surface area contributed by atoms with Crippen molar-refractivity contribution in [3.63, 3.8) is 0 Å². The highest BCUT2D eigenvalue weighted by Gasteiger charge is 2.18. The number of nitrogens with one attached hydrogen (secondary N) is 1. The summed E-state index contributed by atoms with van der Waals surface area (Å²) < 4.78 is 24.7. The quantitative estimate of drug-likeness (QED) is 0.550. The zero-order valence-corrected chi connectivity index (χ0v) is 13.4. The van der Waals surface area contributed by atoms with Gasteiger partial charge in [-0.25, -0.2) is 17.9 Å². The van der Waals surface area contributed by atoms with Gasteiger partial charge in [-0.15, -0.1) is 0 Å². The summed E-state index contributed by atoms with van der Waals surface area (Å²) in [5.41, 5.74) is 1.34. The number of nitrogens with zero attached hydrogens (tertiary/aromatic N) is 4. The van der Waals surface area contributed by atoms with Crippen LogP contribution in [0.3, 0.4) is 0 Å². The van der Waals surface area contributed by atoms with Crippen molar-refractivity contribution in [3.05, 3.63) is 58.5 Å². The second-order valence-corrected chi connectivity index (χ2v) is 7.11. The molecule has 2 aromatic heterocycles. The summed E-state index contributed by atoms with van der Waals surface area (Å²) in [4.78, 5) is 14.6. The third-order valence-corrected chi connectivity index (χ3v) is 4.53. The number of fused-ring (bicyclic) bond motifs is 1. The second-order valence-electron chi connectivity index (χ2n) is 5.10. The highest BCUT2D eigenvalue weighted by molar-refractivity contribution is 7.90. The molecule has 0 aliphatic carbocycles. The Hall–Kier alpha value is -3.01. The van der Waals surface area contributed by atoms with E-state index in [1.807, 2.05) is 0 Å². The van der Waals surface area contributed by atoms with Crippen LogP contribution in [0.4, 0.5) is 11.4 Å². The van der Waals surface area contributed by atoms with Gasteiger partial charge in [0.05, 0.1) is 28.3 Å². The van der Waals surface area contributed by atoms with Crippen LogP contribution in [0.25, 0.3) is 5.65 Å². The van der Waals surface area contributed by atoms with Crippen molar-refractivity contribution in [2.24, 2.45) is 0 Å². The summed E-state index contributed by atoms with van der Waals surface area (Å²) in [6, 6.07) is 7.25. The van der Waals surface area contributed by atoms with Crippen molar-refractivity contribution in [1.82, 2.24) is 14.6 Å². The summed E-state index contributed by atoms with van der Waals surface area (Å²) >= 11 is 0. The van der Waals surface area contributed by atoms with Crippen molar-refractivity contribution >= 4 is 26.9 Å². The monoisotopic (exact) mass is 347 g/mol. The van der Waals surface area contributed by atoms with E-state index >= 15 is 0 Å². The minimum Gasteiger partial charge on any atom is -0.374 e. The van der Waals surface area contributed by atoms with Crippen LogP contribution < -0.4 is 5.32 Å². The standard InChI is InChI=1S/C14H13N5O4S/c1-24(22,23)11-2-3-12(13(8-11)19(20)21)16-9-10-4-6-15-14-5-7-17-18(10)14/h2-8,16H,9H2,1H3. The predicted octanol–water partition coefficient (Wildman–Crippen LogP) is 1.65. The molecule has 2 heterocycles. The normalized spacial score (nSPS) is 11.5. The summed E-state index contributed by atoms with van der Waals surface area (Å²) in [6.07, 6.45) is 4.23. The van der Waals surface area contributed by atoms with Crippen LogP contribution in [-0.4, -0.2) is 34.2 Å². The molecule has 1 N–H and O–H groups in total. The Morgan fingerprint density at radius 2 is 2.04 bits per heavy atom. The van der Waals surface area contributed by atoms with Gasteiger partial charge < -0.3 is 5.32 Å². The number of hydrogen-bond donors (Lipinski definition) is 1. The zero-order chi connectivity index (χ0) is 17.3. The van der Waals surface area contributed by atoms with Crippen LogP contribution in [0.1, 0.15) is 5.69 Å². The minimum absolute atomic E-state index is 0.0990. The largest absolute Gasteiger partial charge is 0.374 e. The molecule has 0 unspecified atom stereocenters. The van der Waals surface area contributed by atoms with E-state index in [-0.39, 0.29) is 22.8 Å². The third-order valence-electron chi connectivity index (χ3n) is 3.42. The molecule has 0 fully saturated rings. The average Bonchev–Trinajstić information content (AvgIpc) is 3.00. The lowest BCUT2D eigenvalue weighted by molar-refractivity contribution is -0.384. The summed E-state index contributed by atoms with van der Waals surface area (Å²) in [6.45, 7) is 0.264. The molecule has 3 rings (SSSR count). The molecule has 24 heavy (non-hydrogen) atoms. The van der Waals surface area contributed by atoms with Gasteiger partial charge in [-0.3, -0.25) is 10.1 Å². The van der Waals surface area contributed by atoms with E-state index in [4.69, 9.17) is 0 Å². The molecule has 0 aliphatic rings. The molecule has 3 aromatic rings. The number of anilines is 1. The van der Waals surface area contributed by atoms with Gasteiger partial charge in [0, 0.05) is 24.6 Å². The molecule has 0 amide bonds. The molecular weight excluding hydrogens is 334 g/mol. The maximum absolute atomic E-state index is 11.6. The van der Waals surface area contributed by atoms with Gasteiger partial charge in [0.15, 0.2) is 15.5 Å². The first-order chi connectivity index (χ1) is 11.4. The molecule has 0 bridgehead atoms. The van der Waals surface area contributed by atoms with Crippen LogP contribution >= 0.6 is 0 Å². The Morgan fingerprint density at radius 1 is 1.25 bits per heavy atom. The second kappa shape index (κ2) is 5.89. The lowest BCUT2D eigenvalue weighted by atomic mass is 10.2. The van der Waals surface area contributed by atoms with Gasteiger partial charge in [-0.1, -0.05) is 0 Å². The van der Waals surface area contributed by atoms with E-state index in [0.29, 0.717) is 5.65 Å². The maximum atomic E-state index is 11.6. The van der Waals surface area contributed by atoms with Crippen LogP contribution in [0.5, 0.6) is 0 Å². The van der Waals surface area contributed by atoms with Crippen LogP contribution in [-0.2, 0) is 16.4 Å². The van der Waals surface area contributed by atoms with Gasteiger partial charge in [-0.05, 0) is 18.2 Å². The number of nitro benzene ring substituents is 1. The number of benzene rings is 1. The Labute approximate surface area is 137 Å². The highest BCUT2D eigenvalue weighted by Crippen LogP contribution is 2.28. The molecule has 0 saturated heterocycles. The Bertz CT molecular complexity index is 1030. The van der Waals surface area contributed by atoms with Crippen molar-refractivity contribution < 1.29 is 13.3 Å². The fourth-order valence-electron chi connectivity index (χ4n) is 2.25. The van der Waals surface area contributed by atoms with Gasteiger partial charge in [0.25, 0.3) is 5.69 Å². The van der Waals surface area contributed by atoms with Crippen LogP contribution in [0.15, 0.2) is 47.6 Å². The first-order valence-electron chi connectivity index (χ1n) is 6.86. The molecular formula is C14H13N5O4S. The Kier molecular flexibility index (Phi) is 3.89. The SMILES string of the molecule is CS(=O)(=O)c1ccc(NCc2ccnc3ccnn23)c([N+](=O)[O-])c1. The first kappa shape index (κ1) is 15.9. The Morgan fingerprint density at radius 3 is 2.75 bits per heavy atom. The fourth-order valence-corrected chi connectivity index (χ4v) is 2.89. The molecule has 0 saturated carbocycles. The van der Waals surface area contributed by atoms with Gasteiger partial charge in [-0.2, -0.15) is 5.10 Å². The molecule has 1 aromatic carbocycles. The molecule has 0 spiro atoms. The van der Waals surface area contributed by atoms with E-state index in [2.05, 4.69) is 15.4 Å². The van der Waals surface area contributed by atoms with Crippen molar-refractivity contribution in [3.8, 4) is 0 Å². The molecule has 0 radical (unpaired) electrons.